The van der Waals surface area contributed by atoms with E-state index in [9.17, 15) is 4.79 Å². The van der Waals surface area contributed by atoms with Gasteiger partial charge in [-0.15, -0.1) is 0 Å². The Kier molecular flexibility index (Phi) is 5.45. The van der Waals surface area contributed by atoms with Crippen LogP contribution in [0.1, 0.15) is 25.8 Å². The number of amides is 1. The molecule has 1 rings (SSSR count). The Labute approximate surface area is 111 Å². The molecule has 0 heterocycles. The SMILES string of the molecule is CC(C)CC(=O)NN=Cc1c(Cl)cccc1Cl. The third kappa shape index (κ3) is 4.75. The van der Waals surface area contributed by atoms with E-state index in [0.717, 1.165) is 0 Å². The van der Waals surface area contributed by atoms with E-state index in [2.05, 4.69) is 10.5 Å². The fourth-order valence-electron chi connectivity index (χ4n) is 1.22. The van der Waals surface area contributed by atoms with E-state index in [1.165, 1.54) is 6.21 Å². The molecule has 0 spiro atoms. The highest BCUT2D eigenvalue weighted by atomic mass is 35.5. The zero-order chi connectivity index (χ0) is 12.8. The molecule has 0 aliphatic rings. The minimum atomic E-state index is -0.126. The molecule has 0 bridgehead atoms. The second-order valence-corrected chi connectivity index (χ2v) is 4.84. The molecule has 1 aromatic rings. The first-order valence-corrected chi connectivity index (χ1v) is 6.02. The number of halogens is 2. The summed E-state index contributed by atoms with van der Waals surface area (Å²) in [6.07, 6.45) is 1.89. The van der Waals surface area contributed by atoms with Crippen LogP contribution in [-0.4, -0.2) is 12.1 Å². The molecule has 3 nitrogen and oxygen atoms in total. The van der Waals surface area contributed by atoms with Crippen LogP contribution in [0.4, 0.5) is 0 Å². The minimum absolute atomic E-state index is 0.126. The third-order valence-electron chi connectivity index (χ3n) is 1.98. The molecule has 0 saturated carbocycles. The van der Waals surface area contributed by atoms with Crippen molar-refractivity contribution in [2.45, 2.75) is 20.3 Å². The van der Waals surface area contributed by atoms with Crippen molar-refractivity contribution in [1.82, 2.24) is 5.43 Å². The second kappa shape index (κ2) is 6.62. The molecule has 17 heavy (non-hydrogen) atoms. The Morgan fingerprint density at radius 3 is 2.53 bits per heavy atom. The predicted octanol–water partition coefficient (Wildman–Crippen LogP) is 3.49. The average molecular weight is 273 g/mol. The second-order valence-electron chi connectivity index (χ2n) is 4.03. The first-order chi connectivity index (χ1) is 8.00. The summed E-state index contributed by atoms with van der Waals surface area (Å²) in [6.45, 7) is 3.93. The number of rotatable bonds is 4. The Morgan fingerprint density at radius 1 is 1.41 bits per heavy atom. The monoisotopic (exact) mass is 272 g/mol. The van der Waals surface area contributed by atoms with Gasteiger partial charge in [-0.1, -0.05) is 43.1 Å². The molecule has 0 aliphatic carbocycles. The van der Waals surface area contributed by atoms with Gasteiger partial charge in [0.25, 0.3) is 0 Å². The van der Waals surface area contributed by atoms with E-state index < -0.39 is 0 Å². The lowest BCUT2D eigenvalue weighted by atomic mass is 10.1. The molecule has 5 heteroatoms. The molecule has 1 N–H and O–H groups in total. The largest absolute Gasteiger partial charge is 0.273 e. The Morgan fingerprint density at radius 2 is 2.00 bits per heavy atom. The molecule has 0 aliphatic heterocycles. The summed E-state index contributed by atoms with van der Waals surface area (Å²) < 4.78 is 0. The number of carbonyl (C=O) groups is 1. The number of hydrazone groups is 1. The van der Waals surface area contributed by atoms with Crippen molar-refractivity contribution < 1.29 is 4.79 Å². The van der Waals surface area contributed by atoms with E-state index in [1.807, 2.05) is 13.8 Å². The van der Waals surface area contributed by atoms with Crippen LogP contribution >= 0.6 is 23.2 Å². The lowest BCUT2D eigenvalue weighted by molar-refractivity contribution is -0.121. The summed E-state index contributed by atoms with van der Waals surface area (Å²) in [5.41, 5.74) is 3.03. The fraction of sp³-hybridized carbons (Fsp3) is 0.333. The van der Waals surface area contributed by atoms with Crippen LogP contribution in [0.25, 0.3) is 0 Å². The Bertz CT molecular complexity index is 410. The minimum Gasteiger partial charge on any atom is -0.273 e. The number of benzene rings is 1. The topological polar surface area (TPSA) is 41.5 Å². The Balaban J connectivity index is 2.63. The quantitative estimate of drug-likeness (QED) is 0.662. The predicted molar refractivity (Wildman–Crippen MR) is 71.7 cm³/mol. The summed E-state index contributed by atoms with van der Waals surface area (Å²) in [6, 6.07) is 5.18. The van der Waals surface area contributed by atoms with Gasteiger partial charge in [-0.25, -0.2) is 5.43 Å². The molecular formula is C12H14Cl2N2O. The van der Waals surface area contributed by atoms with E-state index in [4.69, 9.17) is 23.2 Å². The summed E-state index contributed by atoms with van der Waals surface area (Å²) in [4.78, 5) is 11.3. The van der Waals surface area contributed by atoms with Gasteiger partial charge in [-0.05, 0) is 18.1 Å². The van der Waals surface area contributed by atoms with Gasteiger partial charge in [-0.3, -0.25) is 4.79 Å². The maximum atomic E-state index is 11.3. The van der Waals surface area contributed by atoms with Crippen LogP contribution < -0.4 is 5.43 Å². The van der Waals surface area contributed by atoms with Gasteiger partial charge in [0.1, 0.15) is 0 Å². The van der Waals surface area contributed by atoms with Gasteiger partial charge >= 0.3 is 0 Å². The van der Waals surface area contributed by atoms with E-state index in [1.54, 1.807) is 18.2 Å². The van der Waals surface area contributed by atoms with Gasteiger partial charge in [0.15, 0.2) is 0 Å². The smallest absolute Gasteiger partial charge is 0.240 e. The molecule has 0 fully saturated rings. The normalized spacial score (nSPS) is 11.1. The zero-order valence-corrected chi connectivity index (χ0v) is 11.2. The lowest BCUT2D eigenvalue weighted by Crippen LogP contribution is -2.19. The molecular weight excluding hydrogens is 259 g/mol. The van der Waals surface area contributed by atoms with E-state index >= 15 is 0 Å². The van der Waals surface area contributed by atoms with Crippen LogP contribution in [0.2, 0.25) is 10.0 Å². The van der Waals surface area contributed by atoms with Crippen molar-refractivity contribution in [2.75, 3.05) is 0 Å². The number of hydrogen-bond donors (Lipinski definition) is 1. The van der Waals surface area contributed by atoms with Crippen molar-refractivity contribution in [1.29, 1.82) is 0 Å². The van der Waals surface area contributed by atoms with Gasteiger partial charge < -0.3 is 0 Å². The van der Waals surface area contributed by atoms with Crippen molar-refractivity contribution in [2.24, 2.45) is 11.0 Å². The van der Waals surface area contributed by atoms with Crippen LogP contribution in [0.3, 0.4) is 0 Å². The maximum Gasteiger partial charge on any atom is 0.240 e. The lowest BCUT2D eigenvalue weighted by Gasteiger charge is -2.03. The van der Waals surface area contributed by atoms with Gasteiger partial charge in [0, 0.05) is 12.0 Å². The van der Waals surface area contributed by atoms with Gasteiger partial charge in [0.2, 0.25) is 5.91 Å². The van der Waals surface area contributed by atoms with Crippen LogP contribution in [0.15, 0.2) is 23.3 Å². The zero-order valence-electron chi connectivity index (χ0n) is 9.71. The molecule has 92 valence electrons. The Hall–Kier alpha value is -1.06. The molecule has 0 aromatic heterocycles. The van der Waals surface area contributed by atoms with Gasteiger partial charge in [0.05, 0.1) is 16.3 Å². The van der Waals surface area contributed by atoms with Crippen molar-refractivity contribution in [3.8, 4) is 0 Å². The average Bonchev–Trinajstić information content (AvgIpc) is 2.21. The molecule has 0 unspecified atom stereocenters. The van der Waals surface area contributed by atoms with Crippen LogP contribution in [0.5, 0.6) is 0 Å². The van der Waals surface area contributed by atoms with E-state index in [0.29, 0.717) is 27.9 Å². The number of nitrogens with zero attached hydrogens (tertiary/aromatic N) is 1. The van der Waals surface area contributed by atoms with E-state index in [-0.39, 0.29) is 5.91 Å². The molecule has 1 aromatic carbocycles. The van der Waals surface area contributed by atoms with Crippen LogP contribution in [0, 0.1) is 5.92 Å². The van der Waals surface area contributed by atoms with Crippen LogP contribution in [-0.2, 0) is 4.79 Å². The molecule has 0 atom stereocenters. The number of carbonyl (C=O) groups excluding carboxylic acids is 1. The molecule has 1 amide bonds. The van der Waals surface area contributed by atoms with Crippen molar-refractivity contribution >= 4 is 35.3 Å². The highest BCUT2D eigenvalue weighted by molar-refractivity contribution is 6.38. The number of nitrogens with one attached hydrogen (secondary N) is 1. The number of hydrogen-bond acceptors (Lipinski definition) is 2. The first-order valence-electron chi connectivity index (χ1n) is 5.26. The molecule has 0 saturated heterocycles. The maximum absolute atomic E-state index is 11.3. The summed E-state index contributed by atoms with van der Waals surface area (Å²) in [5, 5.41) is 4.82. The van der Waals surface area contributed by atoms with Crippen molar-refractivity contribution in [3.05, 3.63) is 33.8 Å². The fourth-order valence-corrected chi connectivity index (χ4v) is 1.71. The summed E-state index contributed by atoms with van der Waals surface area (Å²) >= 11 is 11.9. The highest BCUT2D eigenvalue weighted by Crippen LogP contribution is 2.21. The summed E-state index contributed by atoms with van der Waals surface area (Å²) in [5.74, 6) is 0.175. The standard InChI is InChI=1S/C12H14Cl2N2O/c1-8(2)6-12(17)16-15-7-9-10(13)4-3-5-11(9)14/h3-5,7-8H,6H2,1-2H3,(H,16,17). The first kappa shape index (κ1) is 14.0. The van der Waals surface area contributed by atoms with Gasteiger partial charge in [-0.2, -0.15) is 5.10 Å². The third-order valence-corrected chi connectivity index (χ3v) is 2.64. The highest BCUT2D eigenvalue weighted by Gasteiger charge is 2.04. The molecule has 0 radical (unpaired) electrons. The summed E-state index contributed by atoms with van der Waals surface area (Å²) in [7, 11) is 0. The van der Waals surface area contributed by atoms with Crippen molar-refractivity contribution in [3.63, 3.8) is 0 Å².